The van der Waals surface area contributed by atoms with Crippen LogP contribution in [0, 0.1) is 6.92 Å². The Kier molecular flexibility index (Phi) is 5.66. The van der Waals surface area contributed by atoms with E-state index in [2.05, 4.69) is 45.0 Å². The smallest absolute Gasteiger partial charge is 0.225 e. The molecule has 6 heteroatoms. The average Bonchev–Trinajstić information content (AvgIpc) is 2.61. The number of nitrogens with zero attached hydrogens (tertiary/aromatic N) is 2. The van der Waals surface area contributed by atoms with Crippen molar-refractivity contribution in [2.24, 2.45) is 0 Å². The molecule has 1 heterocycles. The molecule has 1 unspecified atom stereocenters. The summed E-state index contributed by atoms with van der Waals surface area (Å²) >= 11 is 0. The van der Waals surface area contributed by atoms with Gasteiger partial charge in [-0.3, -0.25) is 4.79 Å². The lowest BCUT2D eigenvalue weighted by Crippen LogP contribution is -2.11. The first kappa shape index (κ1) is 18.4. The van der Waals surface area contributed by atoms with Gasteiger partial charge in [0.25, 0.3) is 0 Å². The molecule has 3 rings (SSSR count). The van der Waals surface area contributed by atoms with Gasteiger partial charge in [0.15, 0.2) is 0 Å². The molecule has 1 aromatic heterocycles. The van der Waals surface area contributed by atoms with Crippen molar-refractivity contribution in [2.75, 3.05) is 16.0 Å². The van der Waals surface area contributed by atoms with Crippen LogP contribution in [0.2, 0.25) is 0 Å². The first-order chi connectivity index (χ1) is 13.0. The lowest BCUT2D eigenvalue weighted by Gasteiger charge is -2.16. The van der Waals surface area contributed by atoms with Crippen molar-refractivity contribution in [1.29, 1.82) is 0 Å². The van der Waals surface area contributed by atoms with Crippen LogP contribution in [0.4, 0.5) is 23.1 Å². The van der Waals surface area contributed by atoms with Crippen LogP contribution < -0.4 is 16.0 Å². The maximum absolute atomic E-state index is 11.2. The number of carbonyl (C=O) groups is 1. The second-order valence-corrected chi connectivity index (χ2v) is 6.38. The summed E-state index contributed by atoms with van der Waals surface area (Å²) in [7, 11) is 0. The van der Waals surface area contributed by atoms with E-state index < -0.39 is 0 Å². The van der Waals surface area contributed by atoms with Crippen molar-refractivity contribution in [1.82, 2.24) is 9.97 Å². The summed E-state index contributed by atoms with van der Waals surface area (Å²) in [5.41, 5.74) is 3.59. The highest BCUT2D eigenvalue weighted by Crippen LogP contribution is 2.22. The first-order valence-corrected chi connectivity index (χ1v) is 8.81. The molecule has 3 aromatic rings. The molecule has 6 nitrogen and oxygen atoms in total. The fourth-order valence-corrected chi connectivity index (χ4v) is 2.74. The highest BCUT2D eigenvalue weighted by atomic mass is 16.1. The molecule has 0 bridgehead atoms. The van der Waals surface area contributed by atoms with E-state index in [9.17, 15) is 4.79 Å². The molecular formula is C21H23N5O. The highest BCUT2D eigenvalue weighted by molar-refractivity contribution is 5.89. The number of hydrogen-bond donors (Lipinski definition) is 3. The van der Waals surface area contributed by atoms with Crippen molar-refractivity contribution in [2.45, 2.75) is 26.8 Å². The van der Waals surface area contributed by atoms with E-state index in [1.54, 1.807) is 0 Å². The van der Waals surface area contributed by atoms with Gasteiger partial charge in [-0.1, -0.05) is 36.4 Å². The van der Waals surface area contributed by atoms with E-state index in [1.807, 2.05) is 55.5 Å². The first-order valence-electron chi connectivity index (χ1n) is 8.81. The number of aromatic nitrogens is 2. The van der Waals surface area contributed by atoms with Gasteiger partial charge in [0, 0.05) is 30.1 Å². The third-order valence-electron chi connectivity index (χ3n) is 3.95. The van der Waals surface area contributed by atoms with E-state index in [0.29, 0.717) is 11.8 Å². The van der Waals surface area contributed by atoms with Gasteiger partial charge in [-0.2, -0.15) is 4.98 Å². The SMILES string of the molecule is CC(=O)Nc1cccc(Nc2cc(C)nc(NC(C)c3ccccc3)n2)c1. The van der Waals surface area contributed by atoms with Crippen molar-refractivity contribution in [3.8, 4) is 0 Å². The summed E-state index contributed by atoms with van der Waals surface area (Å²) < 4.78 is 0. The van der Waals surface area contributed by atoms with Crippen LogP contribution in [-0.2, 0) is 4.79 Å². The third kappa shape index (κ3) is 5.28. The molecule has 0 saturated heterocycles. The summed E-state index contributed by atoms with van der Waals surface area (Å²) in [6, 6.07) is 19.6. The van der Waals surface area contributed by atoms with Gasteiger partial charge in [-0.25, -0.2) is 4.98 Å². The summed E-state index contributed by atoms with van der Waals surface area (Å²) in [5, 5.41) is 9.39. The molecule has 2 aromatic carbocycles. The van der Waals surface area contributed by atoms with Crippen molar-refractivity contribution < 1.29 is 4.79 Å². The second-order valence-electron chi connectivity index (χ2n) is 6.38. The number of hydrogen-bond acceptors (Lipinski definition) is 5. The number of anilines is 4. The predicted molar refractivity (Wildman–Crippen MR) is 109 cm³/mol. The monoisotopic (exact) mass is 361 g/mol. The second kappa shape index (κ2) is 8.31. The van der Waals surface area contributed by atoms with E-state index >= 15 is 0 Å². The maximum atomic E-state index is 11.2. The Morgan fingerprint density at radius 1 is 0.963 bits per heavy atom. The number of amides is 1. The van der Waals surface area contributed by atoms with Crippen LogP contribution >= 0.6 is 0 Å². The fourth-order valence-electron chi connectivity index (χ4n) is 2.74. The number of aryl methyl sites for hydroxylation is 1. The minimum atomic E-state index is -0.105. The number of rotatable bonds is 6. The molecule has 1 amide bonds. The van der Waals surface area contributed by atoms with Gasteiger partial charge in [-0.05, 0) is 37.6 Å². The molecule has 27 heavy (non-hydrogen) atoms. The Morgan fingerprint density at radius 2 is 1.70 bits per heavy atom. The Labute approximate surface area is 159 Å². The van der Waals surface area contributed by atoms with Crippen LogP contribution in [0.1, 0.15) is 31.1 Å². The molecule has 0 aliphatic heterocycles. The van der Waals surface area contributed by atoms with Crippen molar-refractivity contribution in [3.63, 3.8) is 0 Å². The summed E-state index contributed by atoms with van der Waals surface area (Å²) in [6.07, 6.45) is 0. The standard InChI is InChI=1S/C21H23N5O/c1-14-12-20(25-19-11-7-10-18(13-19)24-16(3)27)26-21(22-14)23-15(2)17-8-5-4-6-9-17/h4-13,15H,1-3H3,(H,24,27)(H2,22,23,25,26). The summed E-state index contributed by atoms with van der Waals surface area (Å²) in [5.74, 6) is 1.14. The van der Waals surface area contributed by atoms with Gasteiger partial charge in [-0.15, -0.1) is 0 Å². The molecule has 0 saturated carbocycles. The molecule has 0 aliphatic carbocycles. The third-order valence-corrected chi connectivity index (χ3v) is 3.95. The Balaban J connectivity index is 1.76. The van der Waals surface area contributed by atoms with Gasteiger partial charge in [0.1, 0.15) is 5.82 Å². The van der Waals surface area contributed by atoms with E-state index in [-0.39, 0.29) is 11.9 Å². The highest BCUT2D eigenvalue weighted by Gasteiger charge is 2.09. The maximum Gasteiger partial charge on any atom is 0.225 e. The normalized spacial score (nSPS) is 11.5. The molecule has 0 radical (unpaired) electrons. The quantitative estimate of drug-likeness (QED) is 0.595. The van der Waals surface area contributed by atoms with Crippen LogP contribution in [0.3, 0.4) is 0 Å². The lowest BCUT2D eigenvalue weighted by molar-refractivity contribution is -0.114. The van der Waals surface area contributed by atoms with E-state index in [0.717, 1.165) is 17.1 Å². The minimum Gasteiger partial charge on any atom is -0.348 e. The predicted octanol–water partition coefficient (Wildman–Crippen LogP) is 4.66. The molecule has 0 fully saturated rings. The van der Waals surface area contributed by atoms with Crippen LogP contribution in [0.25, 0.3) is 0 Å². The van der Waals surface area contributed by atoms with Gasteiger partial charge in [0.2, 0.25) is 11.9 Å². The molecule has 1 atom stereocenters. The molecule has 0 spiro atoms. The largest absolute Gasteiger partial charge is 0.348 e. The van der Waals surface area contributed by atoms with Crippen LogP contribution in [0.15, 0.2) is 60.7 Å². The van der Waals surface area contributed by atoms with Gasteiger partial charge in [0.05, 0.1) is 6.04 Å². The van der Waals surface area contributed by atoms with Gasteiger partial charge >= 0.3 is 0 Å². The zero-order valence-electron chi connectivity index (χ0n) is 15.7. The molecular weight excluding hydrogens is 338 g/mol. The number of benzene rings is 2. The Morgan fingerprint density at radius 3 is 2.44 bits per heavy atom. The zero-order chi connectivity index (χ0) is 19.2. The fraction of sp³-hybridized carbons (Fsp3) is 0.190. The van der Waals surface area contributed by atoms with Crippen molar-refractivity contribution in [3.05, 3.63) is 71.9 Å². The van der Waals surface area contributed by atoms with Crippen LogP contribution in [0.5, 0.6) is 0 Å². The van der Waals surface area contributed by atoms with E-state index in [4.69, 9.17) is 0 Å². The molecule has 3 N–H and O–H groups in total. The topological polar surface area (TPSA) is 78.9 Å². The number of nitrogens with one attached hydrogen (secondary N) is 3. The molecule has 138 valence electrons. The minimum absolute atomic E-state index is 0.0870. The Bertz CT molecular complexity index is 927. The van der Waals surface area contributed by atoms with Crippen molar-refractivity contribution >= 4 is 29.0 Å². The Hall–Kier alpha value is -3.41. The molecule has 0 aliphatic rings. The zero-order valence-corrected chi connectivity index (χ0v) is 15.7. The van der Waals surface area contributed by atoms with E-state index in [1.165, 1.54) is 12.5 Å². The number of carbonyl (C=O) groups excluding carboxylic acids is 1. The van der Waals surface area contributed by atoms with Gasteiger partial charge < -0.3 is 16.0 Å². The lowest BCUT2D eigenvalue weighted by atomic mass is 10.1. The summed E-state index contributed by atoms with van der Waals surface area (Å²) in [4.78, 5) is 20.3. The summed E-state index contributed by atoms with van der Waals surface area (Å²) in [6.45, 7) is 5.49. The average molecular weight is 361 g/mol. The van der Waals surface area contributed by atoms with Crippen LogP contribution in [-0.4, -0.2) is 15.9 Å².